The van der Waals surface area contributed by atoms with E-state index < -0.39 is 0 Å². The van der Waals surface area contributed by atoms with Crippen molar-refractivity contribution >= 4 is 5.91 Å². The molecule has 0 fully saturated rings. The molecule has 2 rings (SSSR count). The molecule has 0 aliphatic carbocycles. The maximum atomic E-state index is 12.4. The Kier molecular flexibility index (Phi) is 9.35. The molecule has 0 heterocycles. The van der Waals surface area contributed by atoms with Gasteiger partial charge in [0.25, 0.3) is 5.91 Å². The summed E-state index contributed by atoms with van der Waals surface area (Å²) in [6, 6.07) is 15.7. The molecule has 0 unspecified atom stereocenters. The third kappa shape index (κ3) is 7.24. The molecular formula is C23H32N2O3. The van der Waals surface area contributed by atoms with Crippen LogP contribution in [0, 0.1) is 0 Å². The van der Waals surface area contributed by atoms with Crippen LogP contribution in [0.25, 0.3) is 0 Å². The fraction of sp³-hybridized carbons (Fsp3) is 0.435. The normalized spacial score (nSPS) is 10.7. The van der Waals surface area contributed by atoms with Gasteiger partial charge in [0.05, 0.1) is 13.2 Å². The van der Waals surface area contributed by atoms with Gasteiger partial charge >= 0.3 is 0 Å². The summed E-state index contributed by atoms with van der Waals surface area (Å²) in [6.45, 7) is 7.59. The van der Waals surface area contributed by atoms with E-state index in [9.17, 15) is 4.79 Å². The Hall–Kier alpha value is -2.53. The van der Waals surface area contributed by atoms with Crippen molar-refractivity contribution in [2.45, 2.75) is 33.2 Å². The van der Waals surface area contributed by atoms with Gasteiger partial charge in [0, 0.05) is 18.7 Å². The Balaban J connectivity index is 1.79. The van der Waals surface area contributed by atoms with Crippen LogP contribution in [0.1, 0.15) is 42.6 Å². The minimum Gasteiger partial charge on any atom is -0.490 e. The van der Waals surface area contributed by atoms with E-state index in [1.54, 1.807) is 12.1 Å². The molecule has 1 amide bonds. The first-order valence-corrected chi connectivity index (χ1v) is 10.0. The van der Waals surface area contributed by atoms with Crippen molar-refractivity contribution in [1.82, 2.24) is 10.2 Å². The van der Waals surface area contributed by atoms with Crippen LogP contribution in [-0.4, -0.2) is 44.2 Å². The van der Waals surface area contributed by atoms with Crippen LogP contribution in [0.2, 0.25) is 0 Å². The predicted octanol–water partition coefficient (Wildman–Crippen LogP) is 4.13. The Morgan fingerprint density at radius 2 is 1.82 bits per heavy atom. The average molecular weight is 385 g/mol. The van der Waals surface area contributed by atoms with Crippen molar-refractivity contribution in [1.29, 1.82) is 0 Å². The second-order valence-corrected chi connectivity index (χ2v) is 6.78. The lowest BCUT2D eigenvalue weighted by molar-refractivity contribution is 0.0951. The highest BCUT2D eigenvalue weighted by molar-refractivity contribution is 5.94. The molecule has 152 valence electrons. The smallest absolute Gasteiger partial charge is 0.251 e. The highest BCUT2D eigenvalue weighted by atomic mass is 16.5. The van der Waals surface area contributed by atoms with Gasteiger partial charge in [-0.25, -0.2) is 0 Å². The lowest BCUT2D eigenvalue weighted by atomic mass is 10.2. The Bertz CT molecular complexity index is 719. The van der Waals surface area contributed by atoms with Crippen LogP contribution in [0.4, 0.5) is 0 Å². The van der Waals surface area contributed by atoms with Crippen LogP contribution in [-0.2, 0) is 6.54 Å². The molecule has 28 heavy (non-hydrogen) atoms. The molecule has 0 aliphatic rings. The first-order valence-electron chi connectivity index (χ1n) is 10.0. The summed E-state index contributed by atoms with van der Waals surface area (Å²) < 4.78 is 11.3. The van der Waals surface area contributed by atoms with Gasteiger partial charge in [0.1, 0.15) is 0 Å². The number of carbonyl (C=O) groups excluding carboxylic acids is 1. The third-order valence-electron chi connectivity index (χ3n) is 4.26. The Morgan fingerprint density at radius 1 is 1.04 bits per heavy atom. The summed E-state index contributed by atoms with van der Waals surface area (Å²) in [6.07, 6.45) is 1.82. The van der Waals surface area contributed by atoms with Gasteiger partial charge in [-0.1, -0.05) is 37.3 Å². The van der Waals surface area contributed by atoms with Crippen molar-refractivity contribution in [2.24, 2.45) is 0 Å². The number of rotatable bonds is 12. The second kappa shape index (κ2) is 12.0. The summed E-state index contributed by atoms with van der Waals surface area (Å²) in [5.41, 5.74) is 1.88. The largest absolute Gasteiger partial charge is 0.490 e. The lowest BCUT2D eigenvalue weighted by Crippen LogP contribution is -2.28. The molecule has 1 N–H and O–H groups in total. The summed E-state index contributed by atoms with van der Waals surface area (Å²) in [7, 11) is 2.10. The molecule has 0 bridgehead atoms. The molecule has 5 nitrogen and oxygen atoms in total. The number of amides is 1. The minimum absolute atomic E-state index is 0.0892. The van der Waals surface area contributed by atoms with E-state index in [0.717, 1.165) is 25.9 Å². The van der Waals surface area contributed by atoms with Gasteiger partial charge in [-0.3, -0.25) is 4.79 Å². The van der Waals surface area contributed by atoms with Crippen LogP contribution >= 0.6 is 0 Å². The predicted molar refractivity (Wildman–Crippen MR) is 113 cm³/mol. The van der Waals surface area contributed by atoms with E-state index in [4.69, 9.17) is 9.47 Å². The van der Waals surface area contributed by atoms with Gasteiger partial charge in [-0.2, -0.15) is 0 Å². The second-order valence-electron chi connectivity index (χ2n) is 6.78. The van der Waals surface area contributed by atoms with Crippen LogP contribution < -0.4 is 14.8 Å². The average Bonchev–Trinajstić information content (AvgIpc) is 2.71. The molecule has 2 aromatic rings. The topological polar surface area (TPSA) is 50.8 Å². The molecule has 2 aromatic carbocycles. The molecule has 0 radical (unpaired) electrons. The Morgan fingerprint density at radius 3 is 2.54 bits per heavy atom. The minimum atomic E-state index is -0.0892. The quantitative estimate of drug-likeness (QED) is 0.559. The van der Waals surface area contributed by atoms with Gasteiger partial charge in [-0.05, 0) is 57.1 Å². The summed E-state index contributed by atoms with van der Waals surface area (Å²) in [5, 5.41) is 2.99. The van der Waals surface area contributed by atoms with E-state index in [1.165, 1.54) is 5.56 Å². The standard InChI is InChI=1S/C23H32N2O3/c1-4-16-28-21-13-12-20(17-22(21)27-5-2)23(26)24-14-9-15-25(3)18-19-10-7-6-8-11-19/h6-8,10-13,17H,4-5,9,14-16,18H2,1-3H3,(H,24,26). The number of benzene rings is 2. The molecule has 5 heteroatoms. The van der Waals surface area contributed by atoms with Crippen molar-refractivity contribution in [3.63, 3.8) is 0 Å². The number of ether oxygens (including phenoxy) is 2. The first kappa shape index (κ1) is 21.8. The van der Waals surface area contributed by atoms with Gasteiger partial charge in [-0.15, -0.1) is 0 Å². The maximum Gasteiger partial charge on any atom is 0.251 e. The maximum absolute atomic E-state index is 12.4. The van der Waals surface area contributed by atoms with Crippen molar-refractivity contribution < 1.29 is 14.3 Å². The van der Waals surface area contributed by atoms with Crippen molar-refractivity contribution in [3.8, 4) is 11.5 Å². The monoisotopic (exact) mass is 384 g/mol. The van der Waals surface area contributed by atoms with E-state index in [0.29, 0.717) is 36.8 Å². The lowest BCUT2D eigenvalue weighted by Gasteiger charge is -2.17. The summed E-state index contributed by atoms with van der Waals surface area (Å²) >= 11 is 0. The van der Waals surface area contributed by atoms with Gasteiger partial charge in [0.15, 0.2) is 11.5 Å². The highest BCUT2D eigenvalue weighted by Crippen LogP contribution is 2.28. The van der Waals surface area contributed by atoms with E-state index >= 15 is 0 Å². The first-order chi connectivity index (χ1) is 13.6. The zero-order valence-corrected chi connectivity index (χ0v) is 17.2. The van der Waals surface area contributed by atoms with Gasteiger partial charge < -0.3 is 19.7 Å². The van der Waals surface area contributed by atoms with E-state index in [1.807, 2.05) is 19.1 Å². The molecule has 0 spiro atoms. The van der Waals surface area contributed by atoms with Crippen LogP contribution in [0.15, 0.2) is 48.5 Å². The fourth-order valence-corrected chi connectivity index (χ4v) is 2.88. The number of nitrogens with one attached hydrogen (secondary N) is 1. The molecule has 0 saturated heterocycles. The highest BCUT2D eigenvalue weighted by Gasteiger charge is 2.11. The fourth-order valence-electron chi connectivity index (χ4n) is 2.88. The zero-order valence-electron chi connectivity index (χ0n) is 17.2. The number of nitrogens with zero attached hydrogens (tertiary/aromatic N) is 1. The molecule has 0 saturated carbocycles. The van der Waals surface area contributed by atoms with Crippen LogP contribution in [0.5, 0.6) is 11.5 Å². The summed E-state index contributed by atoms with van der Waals surface area (Å²) in [5.74, 6) is 1.21. The number of hydrogen-bond donors (Lipinski definition) is 1. The zero-order chi connectivity index (χ0) is 20.2. The Labute approximate surface area is 168 Å². The van der Waals surface area contributed by atoms with Crippen LogP contribution in [0.3, 0.4) is 0 Å². The molecule has 0 atom stereocenters. The van der Waals surface area contributed by atoms with Gasteiger partial charge in [0.2, 0.25) is 0 Å². The van der Waals surface area contributed by atoms with E-state index in [-0.39, 0.29) is 5.91 Å². The van der Waals surface area contributed by atoms with Crippen molar-refractivity contribution in [2.75, 3.05) is 33.4 Å². The van der Waals surface area contributed by atoms with E-state index in [2.05, 4.69) is 48.5 Å². The third-order valence-corrected chi connectivity index (χ3v) is 4.26. The number of hydrogen-bond acceptors (Lipinski definition) is 4. The van der Waals surface area contributed by atoms with Crippen molar-refractivity contribution in [3.05, 3.63) is 59.7 Å². The SMILES string of the molecule is CCCOc1ccc(C(=O)NCCCN(C)Cc2ccccc2)cc1OCC. The summed E-state index contributed by atoms with van der Waals surface area (Å²) in [4.78, 5) is 14.7. The molecular weight excluding hydrogens is 352 g/mol. The molecule has 0 aliphatic heterocycles. The molecule has 0 aromatic heterocycles. The number of carbonyl (C=O) groups is 1.